The van der Waals surface area contributed by atoms with Gasteiger partial charge in [-0.1, -0.05) is 48.5 Å². The zero-order chi connectivity index (χ0) is 26.3. The lowest BCUT2D eigenvalue weighted by atomic mass is 9.94. The van der Waals surface area contributed by atoms with Gasteiger partial charge in [0, 0.05) is 11.3 Å². The number of amides is 1. The van der Waals surface area contributed by atoms with Gasteiger partial charge in [-0.25, -0.2) is 0 Å². The number of methoxy groups -OCH3 is 1. The summed E-state index contributed by atoms with van der Waals surface area (Å²) in [6.45, 7) is 0. The molecule has 0 radical (unpaired) electrons. The zero-order valence-electron chi connectivity index (χ0n) is 19.5. The molecule has 5 rings (SSSR count). The fraction of sp³-hybridized carbons (Fsp3) is 0.103. The van der Waals surface area contributed by atoms with Crippen LogP contribution in [0, 0.1) is 0 Å². The van der Waals surface area contributed by atoms with E-state index in [1.807, 2.05) is 24.3 Å². The molecule has 37 heavy (non-hydrogen) atoms. The van der Waals surface area contributed by atoms with Crippen LogP contribution in [0.15, 0.2) is 96.6 Å². The van der Waals surface area contributed by atoms with Crippen LogP contribution in [0.5, 0.6) is 5.75 Å². The lowest BCUT2D eigenvalue weighted by Crippen LogP contribution is -2.29. The van der Waals surface area contributed by atoms with E-state index in [-0.39, 0.29) is 17.0 Å². The van der Waals surface area contributed by atoms with Crippen LogP contribution >= 0.6 is 0 Å². The lowest BCUT2D eigenvalue weighted by molar-refractivity contribution is -0.137. The number of aliphatic hydroxyl groups excluding tert-OH is 1. The average molecular weight is 503 g/mol. The second-order valence-corrected chi connectivity index (χ2v) is 8.55. The molecule has 186 valence electrons. The zero-order valence-corrected chi connectivity index (χ0v) is 19.5. The summed E-state index contributed by atoms with van der Waals surface area (Å²) in [7, 11) is 1.46. The number of anilines is 1. The molecule has 1 fully saturated rings. The van der Waals surface area contributed by atoms with Gasteiger partial charge >= 0.3 is 6.18 Å². The number of carbonyl (C=O) groups excluding carboxylic acids is 2. The number of benzene rings is 4. The van der Waals surface area contributed by atoms with Gasteiger partial charge in [0.05, 0.1) is 24.3 Å². The van der Waals surface area contributed by atoms with Crippen molar-refractivity contribution in [1.29, 1.82) is 0 Å². The normalized spacial score (nSPS) is 17.4. The van der Waals surface area contributed by atoms with Gasteiger partial charge in [0.25, 0.3) is 11.7 Å². The summed E-state index contributed by atoms with van der Waals surface area (Å²) in [6.07, 6.45) is -4.56. The number of aliphatic hydroxyl groups is 1. The number of nitrogens with zero attached hydrogens (tertiary/aromatic N) is 1. The van der Waals surface area contributed by atoms with Crippen molar-refractivity contribution in [3.63, 3.8) is 0 Å². The maximum atomic E-state index is 13.3. The van der Waals surface area contributed by atoms with Crippen molar-refractivity contribution < 1.29 is 32.6 Å². The molecule has 0 aliphatic carbocycles. The van der Waals surface area contributed by atoms with Crippen LogP contribution in [0.4, 0.5) is 18.9 Å². The molecule has 4 aromatic rings. The first-order valence-corrected chi connectivity index (χ1v) is 11.3. The standard InChI is InChI=1S/C29H20F3NO4/c1-37-23-8-4-7-19(16-23)25-24(26(34)20-10-9-17-5-2-3-6-18(17)15-20)27(35)28(36)33(25)22-13-11-21(12-14-22)29(30,31)32/h2-16,25,34H,1H3/b26-24-. The van der Waals surface area contributed by atoms with Crippen molar-refractivity contribution in [2.24, 2.45) is 0 Å². The number of ketones is 1. The van der Waals surface area contributed by atoms with Crippen LogP contribution in [0.3, 0.4) is 0 Å². The highest BCUT2D eigenvalue weighted by atomic mass is 19.4. The Hall–Kier alpha value is -4.59. The molecule has 1 aliphatic heterocycles. The van der Waals surface area contributed by atoms with E-state index in [1.54, 1.807) is 42.5 Å². The first-order chi connectivity index (χ1) is 17.7. The molecule has 1 saturated heterocycles. The van der Waals surface area contributed by atoms with E-state index in [0.29, 0.717) is 16.9 Å². The molecule has 1 atom stereocenters. The molecular formula is C29H20F3NO4. The topological polar surface area (TPSA) is 66.8 Å². The van der Waals surface area contributed by atoms with E-state index >= 15 is 0 Å². The molecule has 1 N–H and O–H groups in total. The second kappa shape index (κ2) is 9.13. The van der Waals surface area contributed by atoms with Crippen LogP contribution < -0.4 is 9.64 Å². The molecule has 4 aromatic carbocycles. The predicted molar refractivity (Wildman–Crippen MR) is 133 cm³/mol. The quantitative estimate of drug-likeness (QED) is 0.196. The Morgan fingerprint density at radius 3 is 2.24 bits per heavy atom. The van der Waals surface area contributed by atoms with Crippen LogP contribution in [0.2, 0.25) is 0 Å². The van der Waals surface area contributed by atoms with Crippen molar-refractivity contribution in [1.82, 2.24) is 0 Å². The molecule has 0 aromatic heterocycles. The van der Waals surface area contributed by atoms with Crippen molar-refractivity contribution in [2.75, 3.05) is 12.0 Å². The van der Waals surface area contributed by atoms with E-state index in [9.17, 15) is 27.9 Å². The number of hydrogen-bond donors (Lipinski definition) is 1. The van der Waals surface area contributed by atoms with E-state index < -0.39 is 29.5 Å². The number of fused-ring (bicyclic) bond motifs is 1. The highest BCUT2D eigenvalue weighted by Gasteiger charge is 2.47. The number of hydrogen-bond acceptors (Lipinski definition) is 4. The third-order valence-electron chi connectivity index (χ3n) is 6.35. The molecule has 1 unspecified atom stereocenters. The smallest absolute Gasteiger partial charge is 0.416 e. The van der Waals surface area contributed by atoms with Gasteiger partial charge in [-0.3, -0.25) is 14.5 Å². The third kappa shape index (κ3) is 4.31. The fourth-order valence-electron chi connectivity index (χ4n) is 4.53. The number of halogens is 3. The van der Waals surface area contributed by atoms with Crippen molar-refractivity contribution in [3.8, 4) is 5.75 Å². The molecule has 5 nitrogen and oxygen atoms in total. The number of Topliss-reactive ketones (excluding diaryl/α,β-unsaturated/α-hetero) is 1. The fourth-order valence-corrected chi connectivity index (χ4v) is 4.53. The van der Waals surface area contributed by atoms with E-state index in [1.165, 1.54) is 7.11 Å². The summed E-state index contributed by atoms with van der Waals surface area (Å²) in [5.41, 5.74) is -0.200. The Kier molecular flexibility index (Phi) is 5.95. The van der Waals surface area contributed by atoms with Crippen molar-refractivity contribution in [3.05, 3.63) is 113 Å². The summed E-state index contributed by atoms with van der Waals surface area (Å²) in [4.78, 5) is 27.7. The maximum absolute atomic E-state index is 13.3. The Labute approximate surface area is 210 Å². The summed E-state index contributed by atoms with van der Waals surface area (Å²) in [5, 5.41) is 13.1. The highest BCUT2D eigenvalue weighted by Crippen LogP contribution is 2.43. The number of alkyl halides is 3. The monoisotopic (exact) mass is 503 g/mol. The van der Waals surface area contributed by atoms with Gasteiger partial charge < -0.3 is 9.84 Å². The largest absolute Gasteiger partial charge is 0.507 e. The van der Waals surface area contributed by atoms with E-state index in [2.05, 4.69) is 0 Å². The molecular weight excluding hydrogens is 483 g/mol. The predicted octanol–water partition coefficient (Wildman–Crippen LogP) is 6.49. The summed E-state index contributed by atoms with van der Waals surface area (Å²) >= 11 is 0. The van der Waals surface area contributed by atoms with Gasteiger partial charge in [-0.2, -0.15) is 13.2 Å². The average Bonchev–Trinajstić information content (AvgIpc) is 3.17. The van der Waals surface area contributed by atoms with Gasteiger partial charge in [-0.05, 0) is 58.8 Å². The number of carbonyl (C=O) groups is 2. The van der Waals surface area contributed by atoms with Gasteiger partial charge in [0.1, 0.15) is 11.5 Å². The van der Waals surface area contributed by atoms with Crippen LogP contribution in [0.1, 0.15) is 22.7 Å². The van der Waals surface area contributed by atoms with E-state index in [4.69, 9.17) is 4.74 Å². The minimum atomic E-state index is -4.56. The minimum absolute atomic E-state index is 0.0838. The molecule has 0 bridgehead atoms. The van der Waals surface area contributed by atoms with Crippen molar-refractivity contribution in [2.45, 2.75) is 12.2 Å². The number of rotatable bonds is 4. The van der Waals surface area contributed by atoms with Crippen LogP contribution in [0.25, 0.3) is 16.5 Å². The number of ether oxygens (including phenoxy) is 1. The van der Waals surface area contributed by atoms with Crippen LogP contribution in [-0.2, 0) is 15.8 Å². The minimum Gasteiger partial charge on any atom is -0.507 e. The Morgan fingerprint density at radius 1 is 0.865 bits per heavy atom. The van der Waals surface area contributed by atoms with Gasteiger partial charge in [0.15, 0.2) is 0 Å². The molecule has 1 aliphatic rings. The molecule has 8 heteroatoms. The first kappa shape index (κ1) is 24.1. The molecule has 1 amide bonds. The first-order valence-electron chi connectivity index (χ1n) is 11.3. The summed E-state index contributed by atoms with van der Waals surface area (Å²) in [6, 6.07) is 22.1. The Bertz CT molecular complexity index is 1560. The van der Waals surface area contributed by atoms with E-state index in [0.717, 1.165) is 39.9 Å². The van der Waals surface area contributed by atoms with Gasteiger partial charge in [0.2, 0.25) is 0 Å². The highest BCUT2D eigenvalue weighted by molar-refractivity contribution is 6.51. The Morgan fingerprint density at radius 2 is 1.57 bits per heavy atom. The SMILES string of the molecule is COc1cccc(C2/C(=C(/O)c3ccc4ccccc4c3)C(=O)C(=O)N2c2ccc(C(F)(F)F)cc2)c1. The maximum Gasteiger partial charge on any atom is 0.416 e. The summed E-state index contributed by atoms with van der Waals surface area (Å²) in [5.74, 6) is -1.85. The van der Waals surface area contributed by atoms with Crippen LogP contribution in [-0.4, -0.2) is 23.9 Å². The van der Waals surface area contributed by atoms with Crippen molar-refractivity contribution >= 4 is 33.9 Å². The molecule has 1 heterocycles. The second-order valence-electron chi connectivity index (χ2n) is 8.55. The lowest BCUT2D eigenvalue weighted by Gasteiger charge is -2.26. The Balaban J connectivity index is 1.70. The third-order valence-corrected chi connectivity index (χ3v) is 6.35. The van der Waals surface area contributed by atoms with Gasteiger partial charge in [-0.15, -0.1) is 0 Å². The molecule has 0 spiro atoms. The summed E-state index contributed by atoms with van der Waals surface area (Å²) < 4.78 is 44.7. The molecule has 0 saturated carbocycles.